The molecule has 1 aromatic heterocycles. The minimum Gasteiger partial charge on any atom is -0.352 e. The summed E-state index contributed by atoms with van der Waals surface area (Å²) in [6, 6.07) is 14.6. The van der Waals surface area contributed by atoms with Crippen LogP contribution in [0.15, 0.2) is 48.5 Å². The molecular formula is C31H37FN4O2S. The minimum atomic E-state index is -0.346. The first kappa shape index (κ1) is 27.4. The standard InChI is InChI=1S/C31H37FN4O2S/c1-20-9-8-10-21(17-20)28-27-29(31(2,3)4)34-36(24-15-13-22(32)14-16-24)30(27)35(26(38)19-39-28)18-25(37)33-23-11-6-5-7-12-23/h8-10,13-17,23,28H,5-7,11-12,18-19H2,1-4H3,(H,33,37). The van der Waals surface area contributed by atoms with Crippen molar-refractivity contribution in [1.29, 1.82) is 0 Å². The van der Waals surface area contributed by atoms with E-state index in [-0.39, 0.29) is 46.6 Å². The predicted octanol–water partition coefficient (Wildman–Crippen LogP) is 6.24. The molecule has 0 bridgehead atoms. The van der Waals surface area contributed by atoms with Gasteiger partial charge in [0.25, 0.3) is 0 Å². The minimum absolute atomic E-state index is 0.0834. The van der Waals surface area contributed by atoms with E-state index >= 15 is 0 Å². The Morgan fingerprint density at radius 1 is 1.10 bits per heavy atom. The number of nitrogens with zero attached hydrogens (tertiary/aromatic N) is 3. The number of fused-ring (bicyclic) bond motifs is 1. The SMILES string of the molecule is Cc1cccc(C2SCC(=O)N(CC(=O)NC3CCCCC3)c3c2c(C(C)(C)C)nn3-c2ccc(F)cc2)c1. The van der Waals surface area contributed by atoms with Crippen molar-refractivity contribution in [3.63, 3.8) is 0 Å². The number of carbonyl (C=O) groups is 2. The van der Waals surface area contributed by atoms with E-state index in [2.05, 4.69) is 51.2 Å². The molecule has 0 spiro atoms. The van der Waals surface area contributed by atoms with Gasteiger partial charge < -0.3 is 5.32 Å². The van der Waals surface area contributed by atoms with Crippen LogP contribution in [0, 0.1) is 12.7 Å². The molecule has 5 rings (SSSR count). The molecule has 2 aliphatic rings. The van der Waals surface area contributed by atoms with E-state index in [4.69, 9.17) is 5.10 Å². The van der Waals surface area contributed by atoms with Gasteiger partial charge in [0.1, 0.15) is 18.2 Å². The van der Waals surface area contributed by atoms with Crippen LogP contribution >= 0.6 is 11.8 Å². The van der Waals surface area contributed by atoms with Gasteiger partial charge in [0.15, 0.2) is 0 Å². The van der Waals surface area contributed by atoms with E-state index in [1.807, 2.05) is 6.07 Å². The normalized spacial score (nSPS) is 18.5. The third kappa shape index (κ3) is 5.91. The first-order valence-electron chi connectivity index (χ1n) is 13.8. The molecule has 1 atom stereocenters. The third-order valence-electron chi connectivity index (χ3n) is 7.49. The molecule has 2 amide bonds. The molecule has 1 fully saturated rings. The van der Waals surface area contributed by atoms with Gasteiger partial charge in [0.05, 0.1) is 22.4 Å². The summed E-state index contributed by atoms with van der Waals surface area (Å²) in [5.41, 5.74) is 4.31. The van der Waals surface area contributed by atoms with Crippen LogP contribution in [0.3, 0.4) is 0 Å². The average molecular weight is 549 g/mol. The van der Waals surface area contributed by atoms with Gasteiger partial charge in [-0.2, -0.15) is 5.10 Å². The smallest absolute Gasteiger partial charge is 0.240 e. The maximum atomic E-state index is 13.9. The summed E-state index contributed by atoms with van der Waals surface area (Å²) in [5.74, 6) is 0.174. The van der Waals surface area contributed by atoms with E-state index in [1.165, 1.54) is 18.6 Å². The van der Waals surface area contributed by atoms with E-state index in [0.29, 0.717) is 11.5 Å². The summed E-state index contributed by atoms with van der Waals surface area (Å²) in [5, 5.41) is 8.08. The maximum Gasteiger partial charge on any atom is 0.240 e. The Morgan fingerprint density at radius 2 is 1.82 bits per heavy atom. The topological polar surface area (TPSA) is 67.2 Å². The van der Waals surface area contributed by atoms with Crippen LogP contribution in [-0.2, 0) is 15.0 Å². The lowest BCUT2D eigenvalue weighted by Gasteiger charge is -2.27. The summed E-state index contributed by atoms with van der Waals surface area (Å²) in [6.07, 6.45) is 5.36. The molecule has 206 valence electrons. The molecule has 39 heavy (non-hydrogen) atoms. The number of anilines is 1. The summed E-state index contributed by atoms with van der Waals surface area (Å²) >= 11 is 1.57. The third-order valence-corrected chi connectivity index (χ3v) is 8.74. The molecule has 0 saturated heterocycles. The molecule has 1 unspecified atom stereocenters. The van der Waals surface area contributed by atoms with E-state index in [1.54, 1.807) is 33.5 Å². The quantitative estimate of drug-likeness (QED) is 0.410. The highest BCUT2D eigenvalue weighted by Crippen LogP contribution is 2.48. The van der Waals surface area contributed by atoms with Gasteiger partial charge in [-0.05, 0) is 49.6 Å². The number of hydrogen-bond acceptors (Lipinski definition) is 4. The Labute approximate surface area is 234 Å². The van der Waals surface area contributed by atoms with Crippen LogP contribution in [-0.4, -0.2) is 39.9 Å². The van der Waals surface area contributed by atoms with Gasteiger partial charge in [0, 0.05) is 17.0 Å². The molecule has 0 radical (unpaired) electrons. The van der Waals surface area contributed by atoms with Gasteiger partial charge in [-0.1, -0.05) is 69.9 Å². The lowest BCUT2D eigenvalue weighted by molar-refractivity contribution is -0.123. The van der Waals surface area contributed by atoms with Crippen molar-refractivity contribution >= 4 is 29.4 Å². The van der Waals surface area contributed by atoms with Crippen molar-refractivity contribution in [2.24, 2.45) is 0 Å². The number of hydrogen-bond donors (Lipinski definition) is 1. The molecule has 2 heterocycles. The zero-order valence-electron chi connectivity index (χ0n) is 23.2. The fraction of sp³-hybridized carbons (Fsp3) is 0.452. The highest BCUT2D eigenvalue weighted by Gasteiger charge is 2.40. The van der Waals surface area contributed by atoms with Crippen LogP contribution in [0.25, 0.3) is 5.69 Å². The second kappa shape index (κ2) is 11.2. The molecule has 1 N–H and O–H groups in total. The fourth-order valence-electron chi connectivity index (χ4n) is 5.60. The van der Waals surface area contributed by atoms with E-state index < -0.39 is 0 Å². The first-order valence-corrected chi connectivity index (χ1v) is 14.8. The fourth-order valence-corrected chi connectivity index (χ4v) is 6.78. The molecule has 2 aromatic carbocycles. The number of benzene rings is 2. The average Bonchev–Trinajstić information content (AvgIpc) is 3.23. The Bertz CT molecular complexity index is 1360. The highest BCUT2D eigenvalue weighted by molar-refractivity contribution is 8.00. The molecule has 6 nitrogen and oxygen atoms in total. The van der Waals surface area contributed by atoms with Crippen molar-refractivity contribution in [2.75, 3.05) is 17.2 Å². The second-order valence-corrected chi connectivity index (χ2v) is 12.8. The summed E-state index contributed by atoms with van der Waals surface area (Å²) in [4.78, 5) is 28.7. The van der Waals surface area contributed by atoms with Crippen molar-refractivity contribution in [3.05, 3.63) is 76.7 Å². The number of rotatable bonds is 5. The number of thioether (sulfide) groups is 1. The molecule has 1 aliphatic heterocycles. The lowest BCUT2D eigenvalue weighted by atomic mass is 9.87. The van der Waals surface area contributed by atoms with Gasteiger partial charge >= 0.3 is 0 Å². The zero-order valence-corrected chi connectivity index (χ0v) is 24.0. The first-order chi connectivity index (χ1) is 18.6. The number of carbonyl (C=O) groups excluding carboxylic acids is 2. The van der Waals surface area contributed by atoms with Crippen molar-refractivity contribution < 1.29 is 14.0 Å². The van der Waals surface area contributed by atoms with Crippen LogP contribution < -0.4 is 10.2 Å². The van der Waals surface area contributed by atoms with Gasteiger partial charge in [-0.25, -0.2) is 9.07 Å². The zero-order chi connectivity index (χ0) is 27.7. The van der Waals surface area contributed by atoms with Crippen LogP contribution in [0.2, 0.25) is 0 Å². The second-order valence-electron chi connectivity index (χ2n) is 11.7. The van der Waals surface area contributed by atoms with E-state index in [0.717, 1.165) is 48.1 Å². The molecule has 3 aromatic rings. The maximum absolute atomic E-state index is 13.9. The summed E-state index contributed by atoms with van der Waals surface area (Å²) in [6.45, 7) is 8.30. The van der Waals surface area contributed by atoms with Crippen molar-refractivity contribution in [1.82, 2.24) is 15.1 Å². The van der Waals surface area contributed by atoms with Gasteiger partial charge in [-0.15, -0.1) is 11.8 Å². The lowest BCUT2D eigenvalue weighted by Crippen LogP contribution is -2.46. The van der Waals surface area contributed by atoms with E-state index in [9.17, 15) is 14.0 Å². The number of halogens is 1. The van der Waals surface area contributed by atoms with Crippen molar-refractivity contribution in [2.45, 2.75) is 76.5 Å². The number of nitrogens with one attached hydrogen (secondary N) is 1. The highest BCUT2D eigenvalue weighted by atomic mass is 32.2. The number of aryl methyl sites for hydroxylation is 1. The largest absolute Gasteiger partial charge is 0.352 e. The molecular weight excluding hydrogens is 511 g/mol. The van der Waals surface area contributed by atoms with Crippen LogP contribution in [0.1, 0.15) is 80.5 Å². The summed E-state index contributed by atoms with van der Waals surface area (Å²) in [7, 11) is 0. The molecule has 1 saturated carbocycles. The summed E-state index contributed by atoms with van der Waals surface area (Å²) < 4.78 is 15.6. The van der Waals surface area contributed by atoms with Gasteiger partial charge in [0.2, 0.25) is 11.8 Å². The molecule has 8 heteroatoms. The predicted molar refractivity (Wildman–Crippen MR) is 155 cm³/mol. The van der Waals surface area contributed by atoms with Crippen LogP contribution in [0.5, 0.6) is 0 Å². The van der Waals surface area contributed by atoms with Crippen molar-refractivity contribution in [3.8, 4) is 5.69 Å². The Balaban J connectivity index is 1.67. The van der Waals surface area contributed by atoms with Gasteiger partial charge in [-0.3, -0.25) is 14.5 Å². The monoisotopic (exact) mass is 548 g/mol. The Kier molecular flexibility index (Phi) is 7.85. The molecule has 1 aliphatic carbocycles. The number of amides is 2. The Morgan fingerprint density at radius 3 is 2.49 bits per heavy atom. The van der Waals surface area contributed by atoms with Crippen LogP contribution in [0.4, 0.5) is 10.2 Å². The Hall–Kier alpha value is -3.13. The number of aromatic nitrogens is 2.